The van der Waals surface area contributed by atoms with E-state index in [1.54, 1.807) is 18.5 Å². The lowest BCUT2D eigenvalue weighted by atomic mass is 10.0. The Bertz CT molecular complexity index is 1120. The standard InChI is InChI=1S/C22H21FN2O3S/c1-15-13-25-21(14-24-15)19-7-6-16(12-20(19)23)18-4-2-3-5-22(18)28-17-8-10-29(26,27)11-9-17/h2-7,12-14,17H,8-11H2,1H3. The number of hydrogen-bond acceptors (Lipinski definition) is 5. The fourth-order valence-corrected chi connectivity index (χ4v) is 4.84. The molecule has 0 N–H and O–H groups in total. The lowest BCUT2D eigenvalue weighted by Gasteiger charge is -2.24. The van der Waals surface area contributed by atoms with Crippen LogP contribution in [0, 0.1) is 12.7 Å². The number of rotatable bonds is 4. The minimum atomic E-state index is -2.95. The Morgan fingerprint density at radius 1 is 1.00 bits per heavy atom. The molecule has 1 aromatic heterocycles. The van der Waals surface area contributed by atoms with Crippen LogP contribution < -0.4 is 4.74 Å². The van der Waals surface area contributed by atoms with E-state index in [9.17, 15) is 12.8 Å². The van der Waals surface area contributed by atoms with Crippen molar-refractivity contribution in [1.82, 2.24) is 9.97 Å². The van der Waals surface area contributed by atoms with Gasteiger partial charge in [0.05, 0.1) is 29.1 Å². The van der Waals surface area contributed by atoms with Crippen LogP contribution in [0.2, 0.25) is 0 Å². The van der Waals surface area contributed by atoms with E-state index in [2.05, 4.69) is 9.97 Å². The topological polar surface area (TPSA) is 69.2 Å². The van der Waals surface area contributed by atoms with Crippen LogP contribution in [0.15, 0.2) is 54.9 Å². The maximum Gasteiger partial charge on any atom is 0.150 e. The molecule has 4 rings (SSSR count). The Hall–Kier alpha value is -2.80. The highest BCUT2D eigenvalue weighted by atomic mass is 32.2. The zero-order chi connectivity index (χ0) is 20.4. The average Bonchev–Trinajstić information content (AvgIpc) is 2.71. The Kier molecular flexibility index (Phi) is 5.32. The van der Waals surface area contributed by atoms with Gasteiger partial charge in [-0.2, -0.15) is 0 Å². The summed E-state index contributed by atoms with van der Waals surface area (Å²) in [5, 5.41) is 0. The Labute approximate surface area is 169 Å². The lowest BCUT2D eigenvalue weighted by molar-refractivity contribution is 0.190. The predicted octanol–water partition coefficient (Wildman–Crippen LogP) is 4.21. The number of ether oxygens (including phenoxy) is 1. The highest BCUT2D eigenvalue weighted by Gasteiger charge is 2.25. The molecule has 0 unspecified atom stereocenters. The Morgan fingerprint density at radius 3 is 2.45 bits per heavy atom. The van der Waals surface area contributed by atoms with Crippen molar-refractivity contribution in [2.24, 2.45) is 0 Å². The molecule has 2 heterocycles. The van der Waals surface area contributed by atoms with Crippen LogP contribution in [0.25, 0.3) is 22.4 Å². The van der Waals surface area contributed by atoms with E-state index in [-0.39, 0.29) is 23.4 Å². The first-order chi connectivity index (χ1) is 13.9. The molecule has 1 saturated heterocycles. The van der Waals surface area contributed by atoms with Crippen LogP contribution in [0.4, 0.5) is 4.39 Å². The molecule has 1 fully saturated rings. The van der Waals surface area contributed by atoms with Gasteiger partial charge in [-0.1, -0.05) is 24.3 Å². The fraction of sp³-hybridized carbons (Fsp3) is 0.273. The summed E-state index contributed by atoms with van der Waals surface area (Å²) in [4.78, 5) is 8.42. The normalized spacial score (nSPS) is 16.5. The second kappa shape index (κ2) is 7.91. The van der Waals surface area contributed by atoms with E-state index >= 15 is 0 Å². The number of para-hydroxylation sites is 1. The van der Waals surface area contributed by atoms with Crippen molar-refractivity contribution < 1.29 is 17.5 Å². The minimum absolute atomic E-state index is 0.140. The summed E-state index contributed by atoms with van der Waals surface area (Å²) < 4.78 is 44.2. The van der Waals surface area contributed by atoms with E-state index in [1.165, 1.54) is 6.07 Å². The maximum atomic E-state index is 14.8. The van der Waals surface area contributed by atoms with Crippen molar-refractivity contribution >= 4 is 9.84 Å². The molecule has 0 aliphatic carbocycles. The zero-order valence-electron chi connectivity index (χ0n) is 16.0. The van der Waals surface area contributed by atoms with Gasteiger partial charge in [0.25, 0.3) is 0 Å². The molecule has 2 aromatic carbocycles. The Balaban J connectivity index is 1.60. The minimum Gasteiger partial charge on any atom is -0.490 e. The zero-order valence-corrected chi connectivity index (χ0v) is 16.8. The molecule has 0 bridgehead atoms. The van der Waals surface area contributed by atoms with Gasteiger partial charge in [0.2, 0.25) is 0 Å². The van der Waals surface area contributed by atoms with E-state index in [0.29, 0.717) is 35.4 Å². The van der Waals surface area contributed by atoms with E-state index < -0.39 is 9.84 Å². The number of aromatic nitrogens is 2. The van der Waals surface area contributed by atoms with Crippen LogP contribution in [-0.2, 0) is 9.84 Å². The van der Waals surface area contributed by atoms with Gasteiger partial charge in [-0.3, -0.25) is 9.97 Å². The summed E-state index contributed by atoms with van der Waals surface area (Å²) >= 11 is 0. The summed E-state index contributed by atoms with van der Waals surface area (Å²) in [5.41, 5.74) is 3.09. The molecule has 0 saturated carbocycles. The maximum absolute atomic E-state index is 14.8. The Morgan fingerprint density at radius 2 is 1.76 bits per heavy atom. The fourth-order valence-electron chi connectivity index (χ4n) is 3.40. The van der Waals surface area contributed by atoms with Crippen molar-refractivity contribution in [3.63, 3.8) is 0 Å². The van der Waals surface area contributed by atoms with Gasteiger partial charge < -0.3 is 4.74 Å². The van der Waals surface area contributed by atoms with Gasteiger partial charge in [0, 0.05) is 17.3 Å². The highest BCUT2D eigenvalue weighted by molar-refractivity contribution is 7.91. The summed E-state index contributed by atoms with van der Waals surface area (Å²) in [7, 11) is -2.95. The van der Waals surface area contributed by atoms with E-state index in [0.717, 1.165) is 11.3 Å². The number of aryl methyl sites for hydroxylation is 1. The van der Waals surface area contributed by atoms with Crippen LogP contribution in [0.3, 0.4) is 0 Å². The second-order valence-electron chi connectivity index (χ2n) is 7.20. The van der Waals surface area contributed by atoms with Gasteiger partial charge in [-0.15, -0.1) is 0 Å². The number of halogens is 1. The van der Waals surface area contributed by atoms with Crippen molar-refractivity contribution in [2.45, 2.75) is 25.9 Å². The molecule has 0 spiro atoms. The summed E-state index contributed by atoms with van der Waals surface area (Å²) in [6.45, 7) is 1.83. The first kappa shape index (κ1) is 19.5. The first-order valence-electron chi connectivity index (χ1n) is 9.46. The van der Waals surface area contributed by atoms with Crippen molar-refractivity contribution in [3.05, 3.63) is 66.4 Å². The molecule has 0 amide bonds. The largest absolute Gasteiger partial charge is 0.490 e. The molecule has 0 radical (unpaired) electrons. The van der Waals surface area contributed by atoms with E-state index in [4.69, 9.17) is 4.74 Å². The monoisotopic (exact) mass is 412 g/mol. The average molecular weight is 412 g/mol. The van der Waals surface area contributed by atoms with Gasteiger partial charge >= 0.3 is 0 Å². The van der Waals surface area contributed by atoms with Crippen molar-refractivity contribution in [1.29, 1.82) is 0 Å². The molecule has 5 nitrogen and oxygen atoms in total. The van der Waals surface area contributed by atoms with Gasteiger partial charge in [-0.05, 0) is 43.5 Å². The van der Waals surface area contributed by atoms with Crippen LogP contribution in [0.5, 0.6) is 5.75 Å². The van der Waals surface area contributed by atoms with Crippen molar-refractivity contribution in [3.8, 4) is 28.1 Å². The third kappa shape index (κ3) is 4.45. The molecule has 0 atom stereocenters. The van der Waals surface area contributed by atoms with Crippen molar-refractivity contribution in [2.75, 3.05) is 11.5 Å². The third-order valence-electron chi connectivity index (χ3n) is 5.02. The van der Waals surface area contributed by atoms with E-state index in [1.807, 2.05) is 37.3 Å². The summed E-state index contributed by atoms with van der Waals surface area (Å²) in [5.74, 6) is 0.514. The molecule has 7 heteroatoms. The number of nitrogens with zero attached hydrogens (tertiary/aromatic N) is 2. The van der Waals surface area contributed by atoms with Crippen LogP contribution in [0.1, 0.15) is 18.5 Å². The SMILES string of the molecule is Cc1cnc(-c2ccc(-c3ccccc3OC3CCS(=O)(=O)CC3)cc2F)cn1. The van der Waals surface area contributed by atoms with Gasteiger partial charge in [0.15, 0.2) is 9.84 Å². The van der Waals surface area contributed by atoms with Gasteiger partial charge in [0.1, 0.15) is 17.7 Å². The first-order valence-corrected chi connectivity index (χ1v) is 11.3. The number of hydrogen-bond donors (Lipinski definition) is 0. The molecule has 1 aliphatic heterocycles. The summed E-state index contributed by atoms with van der Waals surface area (Å²) in [6, 6.07) is 12.4. The molecule has 1 aliphatic rings. The smallest absolute Gasteiger partial charge is 0.150 e. The quantitative estimate of drug-likeness (QED) is 0.642. The highest BCUT2D eigenvalue weighted by Crippen LogP contribution is 2.34. The summed E-state index contributed by atoms with van der Waals surface area (Å²) in [6.07, 6.45) is 3.94. The third-order valence-corrected chi connectivity index (χ3v) is 6.73. The molecule has 29 heavy (non-hydrogen) atoms. The van der Waals surface area contributed by atoms with Gasteiger partial charge in [-0.25, -0.2) is 12.8 Å². The van der Waals surface area contributed by atoms with Crippen LogP contribution >= 0.6 is 0 Å². The molecule has 150 valence electrons. The lowest BCUT2D eigenvalue weighted by Crippen LogP contribution is -2.30. The molecule has 3 aromatic rings. The van der Waals surface area contributed by atoms with Crippen LogP contribution in [-0.4, -0.2) is 36.0 Å². The predicted molar refractivity (Wildman–Crippen MR) is 110 cm³/mol. The molecular weight excluding hydrogens is 391 g/mol. The second-order valence-corrected chi connectivity index (χ2v) is 9.51. The number of benzene rings is 2. The number of sulfone groups is 1. The molecular formula is C22H21FN2O3S.